The fraction of sp³-hybridized carbons (Fsp3) is 0.600. The van der Waals surface area contributed by atoms with Gasteiger partial charge in [0.1, 0.15) is 0 Å². The van der Waals surface area contributed by atoms with Gasteiger partial charge in [-0.2, -0.15) is 13.2 Å². The fourth-order valence-corrected chi connectivity index (χ4v) is 2.86. The summed E-state index contributed by atoms with van der Waals surface area (Å²) < 4.78 is 43.4. The van der Waals surface area contributed by atoms with E-state index in [0.717, 1.165) is 25.0 Å². The maximum absolute atomic E-state index is 12.6. The molecule has 3 unspecified atom stereocenters. The molecule has 0 radical (unpaired) electrons. The third-order valence-electron chi connectivity index (χ3n) is 3.98. The highest BCUT2D eigenvalue weighted by atomic mass is 19.4. The molecule has 0 saturated carbocycles. The summed E-state index contributed by atoms with van der Waals surface area (Å²) in [6, 6.07) is 3.51. The highest BCUT2D eigenvalue weighted by Gasteiger charge is 2.35. The molecule has 1 heterocycles. The van der Waals surface area contributed by atoms with Crippen LogP contribution in [0.25, 0.3) is 0 Å². The van der Waals surface area contributed by atoms with Crippen LogP contribution in [-0.2, 0) is 10.9 Å². The zero-order valence-electron chi connectivity index (χ0n) is 11.6. The second-order valence-electron chi connectivity index (χ2n) is 5.28. The van der Waals surface area contributed by atoms with Crippen molar-refractivity contribution < 1.29 is 23.0 Å². The van der Waals surface area contributed by atoms with Gasteiger partial charge in [0.25, 0.3) is 0 Å². The minimum Gasteiger partial charge on any atom is -0.388 e. The monoisotopic (exact) mass is 288 g/mol. The van der Waals surface area contributed by atoms with Crippen LogP contribution in [0, 0.1) is 12.8 Å². The highest BCUT2D eigenvalue weighted by Crippen LogP contribution is 2.37. The Bertz CT molecular complexity index is 471. The van der Waals surface area contributed by atoms with Crippen molar-refractivity contribution in [3.05, 3.63) is 34.9 Å². The lowest BCUT2D eigenvalue weighted by Gasteiger charge is -2.24. The van der Waals surface area contributed by atoms with E-state index in [1.807, 2.05) is 6.92 Å². The first-order valence-corrected chi connectivity index (χ1v) is 6.82. The van der Waals surface area contributed by atoms with Crippen LogP contribution in [-0.4, -0.2) is 17.8 Å². The van der Waals surface area contributed by atoms with Crippen molar-refractivity contribution in [3.8, 4) is 0 Å². The van der Waals surface area contributed by atoms with Crippen LogP contribution in [0.2, 0.25) is 0 Å². The number of alkyl halides is 3. The Morgan fingerprint density at radius 1 is 1.40 bits per heavy atom. The largest absolute Gasteiger partial charge is 0.416 e. The predicted octanol–water partition coefficient (Wildman–Crippen LogP) is 3.86. The number of aryl methyl sites for hydroxylation is 1. The molecule has 1 saturated heterocycles. The van der Waals surface area contributed by atoms with E-state index < -0.39 is 17.8 Å². The zero-order chi connectivity index (χ0) is 14.9. The van der Waals surface area contributed by atoms with Gasteiger partial charge in [-0.05, 0) is 43.0 Å². The van der Waals surface area contributed by atoms with Gasteiger partial charge in [-0.15, -0.1) is 0 Å². The van der Waals surface area contributed by atoms with Gasteiger partial charge in [-0.25, -0.2) is 0 Å². The van der Waals surface area contributed by atoms with Crippen LogP contribution in [0.3, 0.4) is 0 Å². The second kappa shape index (κ2) is 5.74. The van der Waals surface area contributed by atoms with Gasteiger partial charge in [-0.1, -0.05) is 13.0 Å². The first-order chi connectivity index (χ1) is 9.34. The molecule has 112 valence electrons. The van der Waals surface area contributed by atoms with Crippen LogP contribution in [0.1, 0.15) is 42.6 Å². The maximum atomic E-state index is 12.6. The molecule has 2 nitrogen and oxygen atoms in total. The molecule has 5 heteroatoms. The van der Waals surface area contributed by atoms with Crippen LogP contribution in [0.4, 0.5) is 13.2 Å². The minimum absolute atomic E-state index is 0.0216. The standard InChI is InChI=1S/C15H19F3O2/c1-3-13-12(6-7-20-13)14(19)11-5-4-10(8-9(11)2)15(16,17)18/h4-5,8,12-14,19H,3,6-7H2,1-2H3. The first kappa shape index (κ1) is 15.3. The van der Waals surface area contributed by atoms with Crippen molar-refractivity contribution in [2.24, 2.45) is 5.92 Å². The van der Waals surface area contributed by atoms with Crippen molar-refractivity contribution in [2.75, 3.05) is 6.61 Å². The smallest absolute Gasteiger partial charge is 0.388 e. The molecule has 1 N–H and O–H groups in total. The van der Waals surface area contributed by atoms with E-state index in [0.29, 0.717) is 17.7 Å². The molecule has 1 fully saturated rings. The Morgan fingerprint density at radius 2 is 2.10 bits per heavy atom. The van der Waals surface area contributed by atoms with E-state index in [9.17, 15) is 18.3 Å². The van der Waals surface area contributed by atoms with Crippen molar-refractivity contribution in [2.45, 2.75) is 45.1 Å². The molecule has 2 rings (SSSR count). The molecule has 3 atom stereocenters. The number of benzene rings is 1. The number of aliphatic hydroxyl groups is 1. The van der Waals surface area contributed by atoms with E-state index >= 15 is 0 Å². The molecule has 1 aromatic carbocycles. The Morgan fingerprint density at radius 3 is 2.65 bits per heavy atom. The maximum Gasteiger partial charge on any atom is 0.416 e. The molecular weight excluding hydrogens is 269 g/mol. The van der Waals surface area contributed by atoms with Gasteiger partial charge in [0.2, 0.25) is 0 Å². The lowest BCUT2D eigenvalue weighted by Crippen LogP contribution is -2.22. The van der Waals surface area contributed by atoms with Crippen molar-refractivity contribution in [1.82, 2.24) is 0 Å². The molecular formula is C15H19F3O2. The number of halogens is 3. The Kier molecular flexibility index (Phi) is 4.39. The Labute approximate surface area is 116 Å². The van der Waals surface area contributed by atoms with Gasteiger partial charge in [0.05, 0.1) is 17.8 Å². The molecule has 0 spiro atoms. The van der Waals surface area contributed by atoms with E-state index in [1.54, 1.807) is 6.92 Å². The van der Waals surface area contributed by atoms with Gasteiger partial charge >= 0.3 is 6.18 Å². The summed E-state index contributed by atoms with van der Waals surface area (Å²) in [5, 5.41) is 10.4. The van der Waals surface area contributed by atoms with E-state index in [2.05, 4.69) is 0 Å². The Balaban J connectivity index is 2.24. The molecule has 1 aliphatic rings. The van der Waals surface area contributed by atoms with Crippen LogP contribution in [0.15, 0.2) is 18.2 Å². The molecule has 1 aromatic rings. The quantitative estimate of drug-likeness (QED) is 0.915. The fourth-order valence-electron chi connectivity index (χ4n) is 2.86. The lowest BCUT2D eigenvalue weighted by atomic mass is 9.86. The molecule has 0 amide bonds. The third-order valence-corrected chi connectivity index (χ3v) is 3.98. The van der Waals surface area contributed by atoms with Gasteiger partial charge in [-0.3, -0.25) is 0 Å². The summed E-state index contributed by atoms with van der Waals surface area (Å²) >= 11 is 0. The minimum atomic E-state index is -4.35. The van der Waals surface area contributed by atoms with Crippen molar-refractivity contribution in [3.63, 3.8) is 0 Å². The van der Waals surface area contributed by atoms with E-state index in [-0.39, 0.29) is 12.0 Å². The summed E-state index contributed by atoms with van der Waals surface area (Å²) in [7, 11) is 0. The number of aliphatic hydroxyl groups excluding tert-OH is 1. The topological polar surface area (TPSA) is 29.5 Å². The number of rotatable bonds is 3. The average Bonchev–Trinajstić information content (AvgIpc) is 2.85. The van der Waals surface area contributed by atoms with Crippen LogP contribution >= 0.6 is 0 Å². The molecule has 1 aliphatic heterocycles. The number of hydrogen-bond acceptors (Lipinski definition) is 2. The summed E-state index contributed by atoms with van der Waals surface area (Å²) in [4.78, 5) is 0. The van der Waals surface area contributed by atoms with Crippen molar-refractivity contribution in [1.29, 1.82) is 0 Å². The van der Waals surface area contributed by atoms with Gasteiger partial charge < -0.3 is 9.84 Å². The Hall–Kier alpha value is -1.07. The van der Waals surface area contributed by atoms with Gasteiger partial charge in [0.15, 0.2) is 0 Å². The van der Waals surface area contributed by atoms with E-state index in [4.69, 9.17) is 4.74 Å². The van der Waals surface area contributed by atoms with Crippen LogP contribution < -0.4 is 0 Å². The summed E-state index contributed by atoms with van der Waals surface area (Å²) in [5.74, 6) is -0.0459. The summed E-state index contributed by atoms with van der Waals surface area (Å²) in [5.41, 5.74) is 0.349. The molecule has 0 bridgehead atoms. The zero-order valence-corrected chi connectivity index (χ0v) is 11.6. The second-order valence-corrected chi connectivity index (χ2v) is 5.28. The number of hydrogen-bond donors (Lipinski definition) is 1. The first-order valence-electron chi connectivity index (χ1n) is 6.82. The lowest BCUT2D eigenvalue weighted by molar-refractivity contribution is -0.137. The van der Waals surface area contributed by atoms with Crippen molar-refractivity contribution >= 4 is 0 Å². The summed E-state index contributed by atoms with van der Waals surface area (Å²) in [6.45, 7) is 4.18. The molecule has 0 aromatic heterocycles. The predicted molar refractivity (Wildman–Crippen MR) is 69.3 cm³/mol. The summed E-state index contributed by atoms with van der Waals surface area (Å²) in [6.07, 6.45) is -3.62. The average molecular weight is 288 g/mol. The number of ether oxygens (including phenoxy) is 1. The SMILES string of the molecule is CCC1OCCC1C(O)c1ccc(C(F)(F)F)cc1C. The molecule has 0 aliphatic carbocycles. The van der Waals surface area contributed by atoms with Crippen LogP contribution in [0.5, 0.6) is 0 Å². The molecule has 20 heavy (non-hydrogen) atoms. The highest BCUT2D eigenvalue weighted by molar-refractivity contribution is 5.34. The van der Waals surface area contributed by atoms with E-state index in [1.165, 1.54) is 6.07 Å². The van der Waals surface area contributed by atoms with Gasteiger partial charge in [0, 0.05) is 12.5 Å². The normalized spacial score (nSPS) is 24.9. The third kappa shape index (κ3) is 2.99.